The van der Waals surface area contributed by atoms with E-state index in [1.807, 2.05) is 24.3 Å². The Morgan fingerprint density at radius 2 is 1.68 bits per heavy atom. The van der Waals surface area contributed by atoms with Crippen LogP contribution in [-0.2, 0) is 25.6 Å². The minimum atomic E-state index is -1.54. The van der Waals surface area contributed by atoms with Gasteiger partial charge >= 0.3 is 5.97 Å². The fourth-order valence-electron chi connectivity index (χ4n) is 6.83. The Morgan fingerprint density at radius 1 is 0.955 bits per heavy atom. The third kappa shape index (κ3) is 13.1. The third-order valence-corrected chi connectivity index (χ3v) is 10.7. The van der Waals surface area contributed by atoms with Crippen LogP contribution in [0.5, 0.6) is 23.0 Å². The lowest BCUT2D eigenvalue weighted by Crippen LogP contribution is -2.53. The van der Waals surface area contributed by atoms with Crippen LogP contribution in [0, 0.1) is 12.3 Å². The first kappa shape index (κ1) is 50.2. The Hall–Kier alpha value is -6.83. The van der Waals surface area contributed by atoms with Crippen LogP contribution < -0.4 is 41.6 Å². The summed E-state index contributed by atoms with van der Waals surface area (Å²) in [7, 11) is 1.32. The average molecular weight is 913 g/mol. The fourth-order valence-corrected chi connectivity index (χ4v) is 6.83. The molecule has 19 nitrogen and oxygen atoms in total. The number of carbonyl (C=O) groups excluding carboxylic acids is 4. The molecule has 0 radical (unpaired) electrons. The van der Waals surface area contributed by atoms with Gasteiger partial charge < -0.3 is 61.8 Å². The van der Waals surface area contributed by atoms with E-state index in [1.54, 1.807) is 19.1 Å². The van der Waals surface area contributed by atoms with E-state index in [-0.39, 0.29) is 77.6 Å². The van der Waals surface area contributed by atoms with E-state index in [9.17, 15) is 39.3 Å². The number of carboxylic acids is 1. The summed E-state index contributed by atoms with van der Waals surface area (Å²) in [5.74, 6) is -3.70. The van der Waals surface area contributed by atoms with Crippen molar-refractivity contribution in [2.75, 3.05) is 46.5 Å². The van der Waals surface area contributed by atoms with Crippen LogP contribution in [0.25, 0.3) is 22.5 Å². The first-order chi connectivity index (χ1) is 31.3. The highest BCUT2D eigenvalue weighted by atomic mass is 16.5. The van der Waals surface area contributed by atoms with Gasteiger partial charge in [0.25, 0.3) is 5.91 Å². The zero-order valence-electron chi connectivity index (χ0n) is 38.1. The lowest BCUT2D eigenvalue weighted by atomic mass is 9.93. The van der Waals surface area contributed by atoms with Gasteiger partial charge in [-0.05, 0) is 98.3 Å². The Kier molecular flexibility index (Phi) is 17.0. The number of fused-ring (bicyclic) bond motifs is 5. The van der Waals surface area contributed by atoms with Crippen LogP contribution in [0.2, 0.25) is 0 Å². The van der Waals surface area contributed by atoms with Crippen molar-refractivity contribution in [3.8, 4) is 45.5 Å². The van der Waals surface area contributed by atoms with E-state index in [4.69, 9.17) is 25.7 Å². The summed E-state index contributed by atoms with van der Waals surface area (Å²) in [6.45, 7) is 9.34. The molecule has 0 spiro atoms. The Balaban J connectivity index is 1.47. The van der Waals surface area contributed by atoms with Gasteiger partial charge in [-0.3, -0.25) is 19.2 Å². The lowest BCUT2D eigenvalue weighted by Gasteiger charge is -2.30. The number of aromatic nitrogens is 2. The molecule has 1 aromatic heterocycles. The number of amides is 4. The van der Waals surface area contributed by atoms with Gasteiger partial charge in [0.15, 0.2) is 17.3 Å². The van der Waals surface area contributed by atoms with Gasteiger partial charge in [-0.15, -0.1) is 0 Å². The van der Waals surface area contributed by atoms with Crippen LogP contribution in [0.4, 0.5) is 0 Å². The second kappa shape index (κ2) is 22.4. The van der Waals surface area contributed by atoms with Gasteiger partial charge in [-0.2, -0.15) is 0 Å². The number of nitrogens with one attached hydrogen (secondary N) is 3. The minimum Gasteiger partial charge on any atom is -0.504 e. The topological polar surface area (TPSA) is 291 Å². The number of likely N-dealkylation sites (N-methyl/N-ethyl adjacent to an activating group) is 1. The number of carbonyl (C=O) groups is 5. The molecule has 1 aliphatic rings. The number of aliphatic hydroxyl groups excluding tert-OH is 1. The second-order valence-electron chi connectivity index (χ2n) is 17.2. The number of nitrogens with two attached hydrogens (primary N) is 2. The molecule has 0 fully saturated rings. The maximum absolute atomic E-state index is 14.4. The Bertz CT molecular complexity index is 2390. The van der Waals surface area contributed by atoms with Crippen LogP contribution in [0.1, 0.15) is 73.8 Å². The number of aliphatic hydroxyl groups is 1. The molecule has 19 heteroatoms. The first-order valence-electron chi connectivity index (χ1n) is 21.6. The van der Waals surface area contributed by atoms with Gasteiger partial charge in [-0.25, -0.2) is 14.8 Å². The molecule has 0 saturated heterocycles. The van der Waals surface area contributed by atoms with E-state index in [0.717, 1.165) is 11.3 Å². The van der Waals surface area contributed by atoms with Crippen molar-refractivity contribution < 1.29 is 53.5 Å². The normalized spacial score (nSPS) is 16.8. The molecule has 4 aromatic rings. The van der Waals surface area contributed by atoms with E-state index in [2.05, 4.69) is 46.7 Å². The number of aryl methyl sites for hydroxylation is 1. The molecular weight excluding hydrogens is 853 g/mol. The summed E-state index contributed by atoms with van der Waals surface area (Å²) in [5, 5.41) is 39.7. The van der Waals surface area contributed by atoms with Crippen molar-refractivity contribution in [1.82, 2.24) is 30.8 Å². The number of aliphatic carboxylic acids is 1. The number of ether oxygens (including phenoxy) is 3. The van der Waals surface area contributed by atoms with Gasteiger partial charge in [0, 0.05) is 42.9 Å². The molecule has 10 N–H and O–H groups in total. The number of aromatic hydroxyl groups is 1. The quantitative estimate of drug-likeness (QED) is 0.0707. The van der Waals surface area contributed by atoms with Crippen molar-refractivity contribution in [2.45, 2.75) is 78.1 Å². The summed E-state index contributed by atoms with van der Waals surface area (Å²) in [5.41, 5.74) is 13.4. The predicted octanol–water partition coefficient (Wildman–Crippen LogP) is 2.63. The van der Waals surface area contributed by atoms with Crippen LogP contribution in [0.3, 0.4) is 0 Å². The predicted molar refractivity (Wildman–Crippen MR) is 244 cm³/mol. The monoisotopic (exact) mass is 912 g/mol. The molecular formula is C47H60N8O11. The van der Waals surface area contributed by atoms with E-state index >= 15 is 0 Å². The number of hydrogen-bond acceptors (Lipinski definition) is 14. The summed E-state index contributed by atoms with van der Waals surface area (Å²) >= 11 is 0. The van der Waals surface area contributed by atoms with Crippen LogP contribution in [0.15, 0.2) is 60.8 Å². The number of phenols is 1. The standard InChI is InChI=1S/C47H60N8O11/c1-26-35(23-50-42(52-26)29-9-11-32(12-10-29)64-17-14-47(3,4)5)44(60)51-24-39(57)55(6)40-30-20-34(41(58)38(21-30)65-16-7-15-48)33-18-28(8-13-37(33)66-25-31(56)22-49)19-36(46(62)63)54-43(59)27(2)53-45(40)61/h8-13,18,20-21,23,27,31,36,40,56,58H,7,14-17,19,22,24-25,48-49H2,1-6H3,(H,51,60)(H,53,61)(H,54,59)(H,62,63)/t27-,31+,36-,40-/m0/s1. The molecule has 2 heterocycles. The van der Waals surface area contributed by atoms with E-state index < -0.39 is 60.4 Å². The lowest BCUT2D eigenvalue weighted by molar-refractivity contribution is -0.142. The number of hydrogen-bond donors (Lipinski definition) is 8. The largest absolute Gasteiger partial charge is 0.504 e. The molecule has 0 unspecified atom stereocenters. The summed E-state index contributed by atoms with van der Waals surface area (Å²) in [6.07, 6.45) is 1.37. The van der Waals surface area contributed by atoms with Crippen LogP contribution in [-0.4, -0.2) is 124 Å². The van der Waals surface area contributed by atoms with Gasteiger partial charge in [0.05, 0.1) is 31.0 Å². The second-order valence-corrected chi connectivity index (χ2v) is 17.2. The molecule has 4 amide bonds. The van der Waals surface area contributed by atoms with Gasteiger partial charge in [-0.1, -0.05) is 26.8 Å². The molecule has 3 aromatic carbocycles. The van der Waals surface area contributed by atoms with Crippen molar-refractivity contribution in [3.63, 3.8) is 0 Å². The maximum Gasteiger partial charge on any atom is 0.326 e. The van der Waals surface area contributed by atoms with Crippen molar-refractivity contribution in [2.24, 2.45) is 16.9 Å². The van der Waals surface area contributed by atoms with E-state index in [1.165, 1.54) is 38.4 Å². The SMILES string of the molecule is Cc1nc(-c2ccc(OCCC(C)(C)C)cc2)ncc1C(=O)NCC(=O)N(C)[C@@H]1C(=O)N[C@@H](C)C(=O)N[C@H](C(=O)O)Cc2ccc(OC[C@H](O)CN)c(c2)-c2cc1cc(OCCCN)c2O. The van der Waals surface area contributed by atoms with Crippen molar-refractivity contribution in [1.29, 1.82) is 0 Å². The van der Waals surface area contributed by atoms with Crippen molar-refractivity contribution in [3.05, 3.63) is 83.2 Å². The molecule has 4 bridgehead atoms. The van der Waals surface area contributed by atoms with Crippen molar-refractivity contribution >= 4 is 29.6 Å². The van der Waals surface area contributed by atoms with Gasteiger partial charge in [0.1, 0.15) is 42.3 Å². The minimum absolute atomic E-state index is 0.0530. The first-order valence-corrected chi connectivity index (χ1v) is 21.6. The molecule has 0 aliphatic carbocycles. The number of phenolic OH excluding ortho intramolecular Hbond substituents is 1. The average Bonchev–Trinajstić information content (AvgIpc) is 3.27. The summed E-state index contributed by atoms with van der Waals surface area (Å²) < 4.78 is 17.8. The number of benzene rings is 3. The summed E-state index contributed by atoms with van der Waals surface area (Å²) in [4.78, 5) is 77.7. The third-order valence-electron chi connectivity index (χ3n) is 10.7. The maximum atomic E-state index is 14.4. The summed E-state index contributed by atoms with van der Waals surface area (Å²) in [6, 6.07) is 10.4. The molecule has 4 atom stereocenters. The van der Waals surface area contributed by atoms with Crippen LogP contribution >= 0.6 is 0 Å². The molecule has 66 heavy (non-hydrogen) atoms. The highest BCUT2D eigenvalue weighted by Gasteiger charge is 2.34. The molecule has 1 aliphatic heterocycles. The number of carboxylic acid groups (broad SMARTS) is 1. The zero-order chi connectivity index (χ0) is 48.3. The highest BCUT2D eigenvalue weighted by Crippen LogP contribution is 2.44. The fraction of sp³-hybridized carbons (Fsp3) is 0.426. The Labute approximate surface area is 383 Å². The molecule has 354 valence electrons. The number of rotatable bonds is 17. The molecule has 0 saturated carbocycles. The Morgan fingerprint density at radius 3 is 2.33 bits per heavy atom. The zero-order valence-corrected chi connectivity index (χ0v) is 38.1. The highest BCUT2D eigenvalue weighted by molar-refractivity contribution is 5.98. The van der Waals surface area contributed by atoms with Gasteiger partial charge in [0.2, 0.25) is 17.7 Å². The molecule has 5 rings (SSSR count). The number of nitrogens with zero attached hydrogens (tertiary/aromatic N) is 3. The van der Waals surface area contributed by atoms with E-state index in [0.29, 0.717) is 41.4 Å². The smallest absolute Gasteiger partial charge is 0.326 e.